The minimum absolute atomic E-state index is 0.102. The summed E-state index contributed by atoms with van der Waals surface area (Å²) < 4.78 is 6.18. The second-order valence-electron chi connectivity index (χ2n) is 7.86. The fourth-order valence-corrected chi connectivity index (χ4v) is 4.94. The van der Waals surface area contributed by atoms with E-state index < -0.39 is 0 Å². The molecular weight excluding hydrogens is 234 g/mol. The number of ether oxygens (including phenoxy) is 1. The molecule has 2 nitrogen and oxygen atoms in total. The molecule has 1 spiro atoms. The van der Waals surface area contributed by atoms with Crippen molar-refractivity contribution in [2.45, 2.75) is 82.8 Å². The molecule has 110 valence electrons. The summed E-state index contributed by atoms with van der Waals surface area (Å²) in [4.78, 5) is 0. The lowest BCUT2D eigenvalue weighted by Gasteiger charge is -2.50. The first-order valence-electron chi connectivity index (χ1n) is 8.46. The average molecular weight is 265 g/mol. The van der Waals surface area contributed by atoms with Crippen LogP contribution in [-0.4, -0.2) is 17.7 Å². The standard InChI is InChI=1S/C17H31NO/c1-13-5-9-17(18,11-14(13)2)15-6-10-19-16(12-15)7-3-4-8-16/h13-15H,3-12,18H2,1-2H3. The molecule has 4 unspecified atom stereocenters. The molecule has 1 heterocycles. The monoisotopic (exact) mass is 265 g/mol. The highest BCUT2D eigenvalue weighted by Gasteiger charge is 2.47. The third-order valence-electron chi connectivity index (χ3n) is 6.56. The summed E-state index contributed by atoms with van der Waals surface area (Å²) in [5, 5.41) is 0. The van der Waals surface area contributed by atoms with Gasteiger partial charge in [0.05, 0.1) is 5.60 Å². The van der Waals surface area contributed by atoms with Gasteiger partial charge < -0.3 is 10.5 Å². The minimum Gasteiger partial charge on any atom is -0.375 e. The molecule has 0 aromatic heterocycles. The molecule has 3 aliphatic rings. The van der Waals surface area contributed by atoms with Crippen LogP contribution in [-0.2, 0) is 4.74 Å². The van der Waals surface area contributed by atoms with Crippen LogP contribution >= 0.6 is 0 Å². The molecule has 2 aliphatic carbocycles. The Kier molecular flexibility index (Phi) is 3.68. The lowest BCUT2D eigenvalue weighted by atomic mass is 9.63. The smallest absolute Gasteiger partial charge is 0.0685 e. The van der Waals surface area contributed by atoms with Gasteiger partial charge in [0, 0.05) is 12.1 Å². The van der Waals surface area contributed by atoms with Crippen molar-refractivity contribution in [3.8, 4) is 0 Å². The van der Waals surface area contributed by atoms with Gasteiger partial charge in [-0.3, -0.25) is 0 Å². The SMILES string of the molecule is CC1CCC(N)(C2CCOC3(CCCC3)C2)CC1C. The quantitative estimate of drug-likeness (QED) is 0.781. The molecule has 19 heavy (non-hydrogen) atoms. The van der Waals surface area contributed by atoms with Crippen LogP contribution < -0.4 is 5.73 Å². The minimum atomic E-state index is 0.102. The van der Waals surface area contributed by atoms with Gasteiger partial charge in [0.25, 0.3) is 0 Å². The van der Waals surface area contributed by atoms with Gasteiger partial charge >= 0.3 is 0 Å². The molecule has 0 aromatic rings. The Morgan fingerprint density at radius 1 is 0.947 bits per heavy atom. The summed E-state index contributed by atoms with van der Waals surface area (Å²) >= 11 is 0. The maximum absolute atomic E-state index is 6.88. The lowest BCUT2D eigenvalue weighted by Crippen LogP contribution is -2.55. The zero-order chi connectivity index (χ0) is 13.5. The molecule has 0 aromatic carbocycles. The first-order chi connectivity index (χ1) is 9.03. The second-order valence-corrected chi connectivity index (χ2v) is 7.86. The third kappa shape index (κ3) is 2.58. The van der Waals surface area contributed by atoms with Gasteiger partial charge in [-0.2, -0.15) is 0 Å². The van der Waals surface area contributed by atoms with Crippen LogP contribution in [0.25, 0.3) is 0 Å². The third-order valence-corrected chi connectivity index (χ3v) is 6.56. The Balaban J connectivity index is 1.70. The number of rotatable bonds is 1. The van der Waals surface area contributed by atoms with E-state index in [1.165, 1.54) is 57.8 Å². The number of nitrogens with two attached hydrogens (primary N) is 1. The summed E-state index contributed by atoms with van der Waals surface area (Å²) in [6.45, 7) is 5.75. The molecule has 0 bridgehead atoms. The van der Waals surface area contributed by atoms with E-state index in [-0.39, 0.29) is 11.1 Å². The first-order valence-corrected chi connectivity index (χ1v) is 8.46. The summed E-state index contributed by atoms with van der Waals surface area (Å²) in [5.74, 6) is 2.35. The van der Waals surface area contributed by atoms with E-state index in [1.807, 2.05) is 0 Å². The predicted octanol–water partition coefficient (Wildman–Crippen LogP) is 3.88. The topological polar surface area (TPSA) is 35.2 Å². The zero-order valence-electron chi connectivity index (χ0n) is 12.8. The maximum Gasteiger partial charge on any atom is 0.0685 e. The van der Waals surface area contributed by atoms with E-state index >= 15 is 0 Å². The van der Waals surface area contributed by atoms with Gasteiger partial charge in [0.2, 0.25) is 0 Å². The highest BCUT2D eigenvalue weighted by Crippen LogP contribution is 2.48. The van der Waals surface area contributed by atoms with Crippen LogP contribution in [0.1, 0.15) is 71.6 Å². The van der Waals surface area contributed by atoms with Crippen LogP contribution in [0.3, 0.4) is 0 Å². The number of hydrogen-bond donors (Lipinski definition) is 1. The van der Waals surface area contributed by atoms with Crippen LogP contribution in [0.4, 0.5) is 0 Å². The average Bonchev–Trinajstić information content (AvgIpc) is 2.83. The van der Waals surface area contributed by atoms with Crippen molar-refractivity contribution >= 4 is 0 Å². The highest BCUT2D eigenvalue weighted by molar-refractivity contribution is 5.02. The van der Waals surface area contributed by atoms with Crippen LogP contribution in [0.15, 0.2) is 0 Å². The zero-order valence-corrected chi connectivity index (χ0v) is 12.8. The van der Waals surface area contributed by atoms with Crippen LogP contribution in [0, 0.1) is 17.8 Å². The lowest BCUT2D eigenvalue weighted by molar-refractivity contribution is -0.110. The second kappa shape index (κ2) is 5.04. The van der Waals surface area contributed by atoms with Crippen molar-refractivity contribution in [3.05, 3.63) is 0 Å². The van der Waals surface area contributed by atoms with Crippen molar-refractivity contribution in [2.24, 2.45) is 23.5 Å². The first kappa shape index (κ1) is 13.9. The molecule has 1 saturated heterocycles. The van der Waals surface area contributed by atoms with E-state index in [0.717, 1.165) is 18.4 Å². The largest absolute Gasteiger partial charge is 0.375 e. The van der Waals surface area contributed by atoms with E-state index in [0.29, 0.717) is 5.92 Å². The van der Waals surface area contributed by atoms with Crippen LogP contribution in [0.5, 0.6) is 0 Å². The molecule has 0 radical (unpaired) electrons. The van der Waals surface area contributed by atoms with Gasteiger partial charge in [0.1, 0.15) is 0 Å². The van der Waals surface area contributed by atoms with E-state index in [1.54, 1.807) is 0 Å². The van der Waals surface area contributed by atoms with Crippen molar-refractivity contribution in [3.63, 3.8) is 0 Å². The summed E-state index contributed by atoms with van der Waals surface area (Å²) in [7, 11) is 0. The van der Waals surface area contributed by atoms with Crippen molar-refractivity contribution in [2.75, 3.05) is 6.61 Å². The van der Waals surface area contributed by atoms with E-state index in [2.05, 4.69) is 13.8 Å². The van der Waals surface area contributed by atoms with Gasteiger partial charge in [-0.25, -0.2) is 0 Å². The van der Waals surface area contributed by atoms with Gasteiger partial charge in [-0.1, -0.05) is 26.7 Å². The molecule has 1 aliphatic heterocycles. The Hall–Kier alpha value is -0.0800. The van der Waals surface area contributed by atoms with Crippen molar-refractivity contribution in [1.29, 1.82) is 0 Å². The highest BCUT2D eigenvalue weighted by atomic mass is 16.5. The Bertz CT molecular complexity index is 323. The Morgan fingerprint density at radius 2 is 1.68 bits per heavy atom. The molecule has 4 atom stereocenters. The summed E-state index contributed by atoms with van der Waals surface area (Å²) in [6.07, 6.45) is 11.5. The Morgan fingerprint density at radius 3 is 2.37 bits per heavy atom. The van der Waals surface area contributed by atoms with Gasteiger partial charge in [-0.05, 0) is 62.7 Å². The predicted molar refractivity (Wildman–Crippen MR) is 79.0 cm³/mol. The molecule has 3 rings (SSSR count). The van der Waals surface area contributed by atoms with E-state index in [9.17, 15) is 0 Å². The molecule has 3 fully saturated rings. The summed E-state index contributed by atoms with van der Waals surface area (Å²) in [6, 6.07) is 0. The van der Waals surface area contributed by atoms with Crippen LogP contribution in [0.2, 0.25) is 0 Å². The fourth-order valence-electron chi connectivity index (χ4n) is 4.94. The normalized spacial score (nSPS) is 46.6. The molecule has 2 N–H and O–H groups in total. The maximum atomic E-state index is 6.88. The van der Waals surface area contributed by atoms with Crippen molar-refractivity contribution in [1.82, 2.24) is 0 Å². The Labute approximate surface area is 118 Å². The summed E-state index contributed by atoms with van der Waals surface area (Å²) in [5.41, 5.74) is 7.21. The van der Waals surface area contributed by atoms with Gasteiger partial charge in [-0.15, -0.1) is 0 Å². The van der Waals surface area contributed by atoms with E-state index in [4.69, 9.17) is 10.5 Å². The fraction of sp³-hybridized carbons (Fsp3) is 1.00. The molecule has 0 amide bonds. The molecule has 2 saturated carbocycles. The molecular formula is C17H31NO. The molecule has 2 heteroatoms. The van der Waals surface area contributed by atoms with Crippen molar-refractivity contribution < 1.29 is 4.74 Å². The number of hydrogen-bond acceptors (Lipinski definition) is 2. The van der Waals surface area contributed by atoms with Gasteiger partial charge in [0.15, 0.2) is 0 Å².